The minimum absolute atomic E-state index is 0.120. The lowest BCUT2D eigenvalue weighted by atomic mass is 9.93. The van der Waals surface area contributed by atoms with Crippen molar-refractivity contribution < 1.29 is 9.53 Å². The maximum atomic E-state index is 12.9. The van der Waals surface area contributed by atoms with Crippen LogP contribution in [0.15, 0.2) is 59.7 Å². The van der Waals surface area contributed by atoms with Crippen molar-refractivity contribution in [2.45, 2.75) is 18.8 Å². The average Bonchev–Trinajstić information content (AvgIpc) is 3.47. The Morgan fingerprint density at radius 2 is 2.07 bits per heavy atom. The van der Waals surface area contributed by atoms with Gasteiger partial charge in [-0.05, 0) is 25.0 Å². The molecule has 4 rings (SSSR count). The van der Waals surface area contributed by atoms with Gasteiger partial charge in [-0.15, -0.1) is 0 Å². The number of ether oxygens (including phenoxy) is 1. The van der Waals surface area contributed by atoms with Gasteiger partial charge in [0.05, 0.1) is 29.4 Å². The number of carbonyl (C=O) groups excluding carboxylic acids is 1. The molecule has 1 aliphatic carbocycles. The molecule has 1 fully saturated rings. The zero-order valence-electron chi connectivity index (χ0n) is 16.6. The van der Waals surface area contributed by atoms with Crippen molar-refractivity contribution in [2.75, 3.05) is 11.9 Å². The SMILES string of the molecule is Cc1nn(C)c(=O)cc1OCC1(c2ccccc2)CC1C(=O)Nc1cncc(Cl)c1. The second kappa shape index (κ2) is 7.91. The maximum Gasteiger partial charge on any atom is 0.270 e. The van der Waals surface area contributed by atoms with Crippen LogP contribution >= 0.6 is 11.6 Å². The molecular weight excluding hydrogens is 404 g/mol. The van der Waals surface area contributed by atoms with Crippen LogP contribution in [0.25, 0.3) is 0 Å². The summed E-state index contributed by atoms with van der Waals surface area (Å²) < 4.78 is 7.28. The Morgan fingerprint density at radius 1 is 1.30 bits per heavy atom. The van der Waals surface area contributed by atoms with E-state index in [1.165, 1.54) is 16.9 Å². The molecule has 2 atom stereocenters. The van der Waals surface area contributed by atoms with Crippen LogP contribution in [-0.2, 0) is 17.3 Å². The number of anilines is 1. The van der Waals surface area contributed by atoms with E-state index in [1.54, 1.807) is 26.2 Å². The van der Waals surface area contributed by atoms with Crippen LogP contribution < -0.4 is 15.6 Å². The monoisotopic (exact) mass is 424 g/mol. The lowest BCUT2D eigenvalue weighted by Crippen LogP contribution is -2.27. The topological polar surface area (TPSA) is 86.1 Å². The van der Waals surface area contributed by atoms with Crippen molar-refractivity contribution in [3.8, 4) is 5.75 Å². The van der Waals surface area contributed by atoms with E-state index in [4.69, 9.17) is 16.3 Å². The molecule has 2 aromatic heterocycles. The van der Waals surface area contributed by atoms with Gasteiger partial charge >= 0.3 is 0 Å². The third kappa shape index (κ3) is 3.93. The van der Waals surface area contributed by atoms with Gasteiger partial charge in [0.15, 0.2) is 0 Å². The molecular formula is C22H21ClN4O3. The molecule has 1 N–H and O–H groups in total. The van der Waals surface area contributed by atoms with Gasteiger partial charge in [0.2, 0.25) is 5.91 Å². The highest BCUT2D eigenvalue weighted by atomic mass is 35.5. The highest BCUT2D eigenvalue weighted by Crippen LogP contribution is 2.55. The summed E-state index contributed by atoms with van der Waals surface area (Å²) in [6.07, 6.45) is 3.70. The Kier molecular flexibility index (Phi) is 5.30. The number of hydrogen-bond donors (Lipinski definition) is 1. The van der Waals surface area contributed by atoms with E-state index in [1.807, 2.05) is 30.3 Å². The summed E-state index contributed by atoms with van der Waals surface area (Å²) in [6, 6.07) is 12.9. The van der Waals surface area contributed by atoms with Gasteiger partial charge in [-0.2, -0.15) is 5.10 Å². The predicted molar refractivity (Wildman–Crippen MR) is 114 cm³/mol. The van der Waals surface area contributed by atoms with Crippen molar-refractivity contribution >= 4 is 23.2 Å². The van der Waals surface area contributed by atoms with Crippen molar-refractivity contribution in [2.24, 2.45) is 13.0 Å². The van der Waals surface area contributed by atoms with Gasteiger partial charge in [0, 0.05) is 24.7 Å². The average molecular weight is 425 g/mol. The molecule has 1 aliphatic rings. The van der Waals surface area contributed by atoms with E-state index >= 15 is 0 Å². The first-order chi connectivity index (χ1) is 14.4. The van der Waals surface area contributed by atoms with Gasteiger partial charge < -0.3 is 10.1 Å². The van der Waals surface area contributed by atoms with Crippen LogP contribution in [0, 0.1) is 12.8 Å². The number of aromatic nitrogens is 3. The van der Waals surface area contributed by atoms with Crippen molar-refractivity contribution in [3.05, 3.63) is 81.5 Å². The Morgan fingerprint density at radius 3 is 2.80 bits per heavy atom. The van der Waals surface area contributed by atoms with Crippen molar-refractivity contribution in [1.82, 2.24) is 14.8 Å². The number of rotatable bonds is 6. The largest absolute Gasteiger partial charge is 0.490 e. The summed E-state index contributed by atoms with van der Waals surface area (Å²) in [5, 5.41) is 7.51. The van der Waals surface area contributed by atoms with Gasteiger partial charge in [-0.3, -0.25) is 14.6 Å². The van der Waals surface area contributed by atoms with Gasteiger partial charge in [-0.25, -0.2) is 4.68 Å². The number of halogens is 1. The normalized spacial score (nSPS) is 19.9. The highest BCUT2D eigenvalue weighted by molar-refractivity contribution is 6.30. The summed E-state index contributed by atoms with van der Waals surface area (Å²) in [5.41, 5.74) is 1.46. The summed E-state index contributed by atoms with van der Waals surface area (Å²) in [4.78, 5) is 28.9. The van der Waals surface area contributed by atoms with Crippen LogP contribution in [-0.4, -0.2) is 27.3 Å². The number of nitrogens with one attached hydrogen (secondary N) is 1. The number of aryl methyl sites for hydroxylation is 2. The van der Waals surface area contributed by atoms with Crippen LogP contribution in [0.1, 0.15) is 17.7 Å². The molecule has 2 unspecified atom stereocenters. The number of nitrogens with zero attached hydrogens (tertiary/aromatic N) is 3. The molecule has 154 valence electrons. The Hall–Kier alpha value is -3.19. The Labute approximate surface area is 178 Å². The standard InChI is InChI=1S/C22H21ClN4O3/c1-14-19(9-20(28)27(2)26-14)30-13-22(15-6-4-3-5-7-15)10-18(22)21(29)25-17-8-16(23)11-24-12-17/h3-9,11-12,18H,10,13H2,1-2H3,(H,25,29). The summed E-state index contributed by atoms with van der Waals surface area (Å²) in [6.45, 7) is 2.05. The predicted octanol–water partition coefficient (Wildman–Crippen LogP) is 3.11. The van der Waals surface area contributed by atoms with Gasteiger partial charge in [0.1, 0.15) is 11.4 Å². The Balaban J connectivity index is 1.56. The fourth-order valence-electron chi connectivity index (χ4n) is 3.68. The molecule has 0 radical (unpaired) electrons. The first kappa shape index (κ1) is 20.1. The number of benzene rings is 1. The van der Waals surface area contributed by atoms with Crippen molar-refractivity contribution in [3.63, 3.8) is 0 Å². The minimum Gasteiger partial charge on any atom is -0.490 e. The van der Waals surface area contributed by atoms with Gasteiger partial charge in [-0.1, -0.05) is 41.9 Å². The zero-order valence-corrected chi connectivity index (χ0v) is 17.4. The van der Waals surface area contributed by atoms with E-state index < -0.39 is 5.41 Å². The first-order valence-electron chi connectivity index (χ1n) is 9.54. The lowest BCUT2D eigenvalue weighted by Gasteiger charge is -2.19. The maximum absolute atomic E-state index is 12.9. The zero-order chi connectivity index (χ0) is 21.3. The molecule has 0 aliphatic heterocycles. The minimum atomic E-state index is -0.481. The van der Waals surface area contributed by atoms with E-state index in [0.29, 0.717) is 28.6 Å². The number of pyridine rings is 1. The second-order valence-electron chi connectivity index (χ2n) is 7.50. The molecule has 0 saturated heterocycles. The molecule has 7 nitrogen and oxygen atoms in total. The number of hydrogen-bond acceptors (Lipinski definition) is 5. The van der Waals surface area contributed by atoms with Gasteiger partial charge in [0.25, 0.3) is 5.56 Å². The third-order valence-corrected chi connectivity index (χ3v) is 5.63. The van der Waals surface area contributed by atoms with E-state index in [2.05, 4.69) is 15.4 Å². The van der Waals surface area contributed by atoms with Crippen LogP contribution in [0.5, 0.6) is 5.75 Å². The molecule has 0 bridgehead atoms. The fraction of sp³-hybridized carbons (Fsp3) is 0.273. The second-order valence-corrected chi connectivity index (χ2v) is 7.94. The molecule has 1 saturated carbocycles. The Bertz CT molecular complexity index is 1150. The summed E-state index contributed by atoms with van der Waals surface area (Å²) >= 11 is 5.96. The van der Waals surface area contributed by atoms with Crippen LogP contribution in [0.2, 0.25) is 5.02 Å². The van der Waals surface area contributed by atoms with E-state index in [0.717, 1.165) is 5.56 Å². The fourth-order valence-corrected chi connectivity index (χ4v) is 3.85. The molecule has 1 amide bonds. The summed E-state index contributed by atoms with van der Waals surface area (Å²) in [5.74, 6) is 0.0301. The molecule has 3 aromatic rings. The molecule has 30 heavy (non-hydrogen) atoms. The quantitative estimate of drug-likeness (QED) is 0.657. The highest BCUT2D eigenvalue weighted by Gasteiger charge is 2.60. The van der Waals surface area contributed by atoms with E-state index in [-0.39, 0.29) is 24.0 Å². The summed E-state index contributed by atoms with van der Waals surface area (Å²) in [7, 11) is 1.59. The van der Waals surface area contributed by atoms with Crippen LogP contribution in [0.3, 0.4) is 0 Å². The first-order valence-corrected chi connectivity index (χ1v) is 9.91. The lowest BCUT2D eigenvalue weighted by molar-refractivity contribution is -0.117. The smallest absolute Gasteiger partial charge is 0.270 e. The molecule has 0 spiro atoms. The number of amides is 1. The van der Waals surface area contributed by atoms with E-state index in [9.17, 15) is 9.59 Å². The third-order valence-electron chi connectivity index (χ3n) is 5.43. The molecule has 2 heterocycles. The molecule has 8 heteroatoms. The van der Waals surface area contributed by atoms with Crippen molar-refractivity contribution in [1.29, 1.82) is 0 Å². The van der Waals surface area contributed by atoms with Crippen LogP contribution in [0.4, 0.5) is 5.69 Å². The molecule has 1 aromatic carbocycles. The number of carbonyl (C=O) groups is 1.